The third kappa shape index (κ3) is 3.25. The molecular formula is C16H20N2O3. The van der Waals surface area contributed by atoms with Gasteiger partial charge in [0, 0.05) is 5.56 Å². The van der Waals surface area contributed by atoms with Crippen LogP contribution in [0.25, 0.3) is 0 Å². The van der Waals surface area contributed by atoms with Crippen LogP contribution < -0.4 is 15.8 Å². The molecule has 0 bridgehead atoms. The predicted molar refractivity (Wildman–Crippen MR) is 80.1 cm³/mol. The number of nitrogens with one attached hydrogen (secondary N) is 1. The van der Waals surface area contributed by atoms with Gasteiger partial charge >= 0.3 is 0 Å². The van der Waals surface area contributed by atoms with Gasteiger partial charge in [0.15, 0.2) is 0 Å². The number of methoxy groups -OCH3 is 1. The maximum absolute atomic E-state index is 12.3. The summed E-state index contributed by atoms with van der Waals surface area (Å²) in [6.45, 7) is 4.11. The largest absolute Gasteiger partial charge is 0.496 e. The van der Waals surface area contributed by atoms with Gasteiger partial charge in [0.2, 0.25) is 0 Å². The average Bonchev–Trinajstić information content (AvgIpc) is 2.96. The summed E-state index contributed by atoms with van der Waals surface area (Å²) in [7, 11) is 1.61. The molecule has 0 radical (unpaired) electrons. The predicted octanol–water partition coefficient (Wildman–Crippen LogP) is 2.41. The number of furan rings is 1. The van der Waals surface area contributed by atoms with Crippen molar-refractivity contribution >= 4 is 5.91 Å². The van der Waals surface area contributed by atoms with E-state index >= 15 is 0 Å². The van der Waals surface area contributed by atoms with Crippen LogP contribution in [0.5, 0.6) is 5.75 Å². The number of ether oxygens (including phenoxy) is 1. The molecule has 0 unspecified atom stereocenters. The van der Waals surface area contributed by atoms with Crippen LogP contribution in [0, 0.1) is 0 Å². The fourth-order valence-electron chi connectivity index (χ4n) is 2.19. The summed E-state index contributed by atoms with van der Waals surface area (Å²) in [6.07, 6.45) is 1.41. The SMILES string of the molecule is COc1ccccc1C(C)(C)NC(=O)c1coc(CN)c1. The molecule has 5 heteroatoms. The molecule has 1 amide bonds. The topological polar surface area (TPSA) is 77.5 Å². The van der Waals surface area contributed by atoms with E-state index in [1.54, 1.807) is 13.2 Å². The van der Waals surface area contributed by atoms with Gasteiger partial charge in [0.05, 0.1) is 24.8 Å². The fourth-order valence-corrected chi connectivity index (χ4v) is 2.19. The Balaban J connectivity index is 2.22. The number of carbonyl (C=O) groups is 1. The average molecular weight is 288 g/mol. The van der Waals surface area contributed by atoms with Crippen molar-refractivity contribution in [1.82, 2.24) is 5.32 Å². The molecule has 2 rings (SSSR count). The Morgan fingerprint density at radius 1 is 1.38 bits per heavy atom. The second kappa shape index (κ2) is 6.01. The first kappa shape index (κ1) is 15.1. The monoisotopic (exact) mass is 288 g/mol. The quantitative estimate of drug-likeness (QED) is 0.885. The fraction of sp³-hybridized carbons (Fsp3) is 0.312. The second-order valence-electron chi connectivity index (χ2n) is 5.29. The van der Waals surface area contributed by atoms with Gasteiger partial charge in [-0.25, -0.2) is 0 Å². The molecule has 0 saturated heterocycles. The second-order valence-corrected chi connectivity index (χ2v) is 5.29. The first-order valence-corrected chi connectivity index (χ1v) is 6.71. The molecule has 0 aliphatic rings. The molecule has 21 heavy (non-hydrogen) atoms. The minimum Gasteiger partial charge on any atom is -0.496 e. The zero-order valence-electron chi connectivity index (χ0n) is 12.5. The lowest BCUT2D eigenvalue weighted by molar-refractivity contribution is 0.0910. The highest BCUT2D eigenvalue weighted by Gasteiger charge is 2.27. The molecule has 0 fully saturated rings. The lowest BCUT2D eigenvalue weighted by Gasteiger charge is -2.28. The number of carbonyl (C=O) groups excluding carboxylic acids is 1. The molecule has 2 aromatic rings. The first-order chi connectivity index (χ1) is 9.97. The summed E-state index contributed by atoms with van der Waals surface area (Å²) in [5.74, 6) is 1.10. The summed E-state index contributed by atoms with van der Waals surface area (Å²) < 4.78 is 10.5. The van der Waals surface area contributed by atoms with Crippen molar-refractivity contribution in [2.45, 2.75) is 25.9 Å². The van der Waals surface area contributed by atoms with E-state index in [0.29, 0.717) is 11.3 Å². The molecule has 0 saturated carbocycles. The molecule has 0 spiro atoms. The van der Waals surface area contributed by atoms with Crippen LogP contribution in [0.3, 0.4) is 0 Å². The van der Waals surface area contributed by atoms with Crippen LogP contribution >= 0.6 is 0 Å². The van der Waals surface area contributed by atoms with Gasteiger partial charge < -0.3 is 20.2 Å². The zero-order valence-corrected chi connectivity index (χ0v) is 12.5. The van der Waals surface area contributed by atoms with E-state index in [9.17, 15) is 4.79 Å². The van der Waals surface area contributed by atoms with Crippen molar-refractivity contribution in [2.24, 2.45) is 5.73 Å². The third-order valence-corrected chi connectivity index (χ3v) is 3.32. The number of nitrogens with two attached hydrogens (primary N) is 1. The minimum absolute atomic E-state index is 0.214. The van der Waals surface area contributed by atoms with Crippen LogP contribution in [0.15, 0.2) is 41.0 Å². The van der Waals surface area contributed by atoms with Crippen LogP contribution in [-0.4, -0.2) is 13.0 Å². The molecule has 0 atom stereocenters. The van der Waals surface area contributed by atoms with Crippen LogP contribution in [0.2, 0.25) is 0 Å². The van der Waals surface area contributed by atoms with E-state index in [1.165, 1.54) is 6.26 Å². The molecule has 0 aliphatic heterocycles. The molecule has 1 aromatic heterocycles. The Morgan fingerprint density at radius 3 is 2.71 bits per heavy atom. The maximum Gasteiger partial charge on any atom is 0.255 e. The zero-order chi connectivity index (χ0) is 15.5. The summed E-state index contributed by atoms with van der Waals surface area (Å²) in [6, 6.07) is 9.25. The number of hydrogen-bond donors (Lipinski definition) is 2. The number of hydrogen-bond acceptors (Lipinski definition) is 4. The minimum atomic E-state index is -0.580. The first-order valence-electron chi connectivity index (χ1n) is 6.71. The standard InChI is InChI=1S/C16H20N2O3/c1-16(2,13-6-4-5-7-14(13)20-3)18-15(19)11-8-12(9-17)21-10-11/h4-8,10H,9,17H2,1-3H3,(H,18,19). The van der Waals surface area contributed by atoms with Crippen molar-refractivity contribution < 1.29 is 13.9 Å². The Bertz CT molecular complexity index is 632. The highest BCUT2D eigenvalue weighted by atomic mass is 16.5. The van der Waals surface area contributed by atoms with Gasteiger partial charge in [0.25, 0.3) is 5.91 Å². The highest BCUT2D eigenvalue weighted by Crippen LogP contribution is 2.29. The van der Waals surface area contributed by atoms with E-state index in [1.807, 2.05) is 38.1 Å². The smallest absolute Gasteiger partial charge is 0.255 e. The molecule has 0 aliphatic carbocycles. The Morgan fingerprint density at radius 2 is 2.10 bits per heavy atom. The molecule has 1 aromatic carbocycles. The van der Waals surface area contributed by atoms with Crippen molar-refractivity contribution in [3.8, 4) is 5.75 Å². The summed E-state index contributed by atoms with van der Waals surface area (Å²) in [5.41, 5.74) is 6.26. The third-order valence-electron chi connectivity index (χ3n) is 3.32. The summed E-state index contributed by atoms with van der Waals surface area (Å²) >= 11 is 0. The van der Waals surface area contributed by atoms with Crippen molar-refractivity contribution in [3.05, 3.63) is 53.5 Å². The Hall–Kier alpha value is -2.27. The maximum atomic E-state index is 12.3. The lowest BCUT2D eigenvalue weighted by Crippen LogP contribution is -2.41. The van der Waals surface area contributed by atoms with Crippen molar-refractivity contribution in [3.63, 3.8) is 0 Å². The van der Waals surface area contributed by atoms with Crippen LogP contribution in [0.1, 0.15) is 35.5 Å². The van der Waals surface area contributed by atoms with Crippen molar-refractivity contribution in [2.75, 3.05) is 7.11 Å². The number of para-hydroxylation sites is 1. The summed E-state index contributed by atoms with van der Waals surface area (Å²) in [4.78, 5) is 12.3. The Labute approximate surface area is 124 Å². The number of amides is 1. The van der Waals surface area contributed by atoms with E-state index in [0.717, 1.165) is 11.3 Å². The highest BCUT2D eigenvalue weighted by molar-refractivity contribution is 5.94. The normalized spacial score (nSPS) is 11.2. The van der Waals surface area contributed by atoms with Gasteiger partial charge in [-0.3, -0.25) is 4.79 Å². The Kier molecular flexibility index (Phi) is 4.33. The summed E-state index contributed by atoms with van der Waals surface area (Å²) in [5, 5.41) is 2.98. The van der Waals surface area contributed by atoms with E-state index in [-0.39, 0.29) is 12.5 Å². The van der Waals surface area contributed by atoms with Gasteiger partial charge in [-0.05, 0) is 26.0 Å². The molecule has 112 valence electrons. The molecular weight excluding hydrogens is 268 g/mol. The van der Waals surface area contributed by atoms with Gasteiger partial charge in [-0.1, -0.05) is 18.2 Å². The number of benzene rings is 1. The van der Waals surface area contributed by atoms with Crippen LogP contribution in [0.4, 0.5) is 0 Å². The van der Waals surface area contributed by atoms with E-state index < -0.39 is 5.54 Å². The van der Waals surface area contributed by atoms with E-state index in [2.05, 4.69) is 5.32 Å². The van der Waals surface area contributed by atoms with Crippen molar-refractivity contribution in [1.29, 1.82) is 0 Å². The van der Waals surface area contributed by atoms with Gasteiger partial charge in [-0.15, -0.1) is 0 Å². The lowest BCUT2D eigenvalue weighted by atomic mass is 9.93. The molecule has 1 heterocycles. The van der Waals surface area contributed by atoms with Gasteiger partial charge in [0.1, 0.15) is 17.8 Å². The number of rotatable bonds is 5. The molecule has 5 nitrogen and oxygen atoms in total. The molecule has 3 N–H and O–H groups in total. The van der Waals surface area contributed by atoms with E-state index in [4.69, 9.17) is 14.9 Å². The van der Waals surface area contributed by atoms with Crippen LogP contribution in [-0.2, 0) is 12.1 Å². The van der Waals surface area contributed by atoms with Gasteiger partial charge in [-0.2, -0.15) is 0 Å².